The van der Waals surface area contributed by atoms with Gasteiger partial charge in [0.05, 0.1) is 0 Å². The van der Waals surface area contributed by atoms with Gasteiger partial charge >= 0.3 is 17.1 Å². The van der Waals surface area contributed by atoms with Crippen molar-refractivity contribution in [1.29, 1.82) is 0 Å². The molecular formula is C44H48CuFeN2P2-3. The standard InChI is InChI=1S/2C17H15P.2C5H9N.Cu.Fe/c2*1-3-9-15(10-4-1)18(17-13-7-8-14-17)16-11-5-2-6-12-16;2*1-5(2,3)6-4;;/h2*1-14,18H;2*1-3H3;;/q;-4;;;+1;. The van der Waals surface area contributed by atoms with Crippen LogP contribution in [0.5, 0.6) is 0 Å². The van der Waals surface area contributed by atoms with Gasteiger partial charge in [-0.25, -0.2) is 13.1 Å². The summed E-state index contributed by atoms with van der Waals surface area (Å²) in [6, 6.07) is 43.3. The predicted molar refractivity (Wildman–Crippen MR) is 219 cm³/mol. The Morgan fingerprint density at radius 1 is 0.480 bits per heavy atom. The second kappa shape index (κ2) is 23.5. The van der Waals surface area contributed by atoms with E-state index in [2.05, 4.69) is 181 Å². The molecule has 1 saturated carbocycles. The van der Waals surface area contributed by atoms with Crippen LogP contribution in [0.2, 0.25) is 0 Å². The Bertz CT molecular complexity index is 1640. The van der Waals surface area contributed by atoms with Gasteiger partial charge in [-0.1, -0.05) is 153 Å². The fourth-order valence-electron chi connectivity index (χ4n) is 4.50. The van der Waals surface area contributed by atoms with E-state index in [0.717, 1.165) is 0 Å². The maximum absolute atomic E-state index is 6.48. The molecule has 0 saturated heterocycles. The van der Waals surface area contributed by atoms with Crippen molar-refractivity contribution in [1.82, 2.24) is 0 Å². The molecule has 6 rings (SSSR count). The summed E-state index contributed by atoms with van der Waals surface area (Å²) in [5, 5.41) is 8.69. The van der Waals surface area contributed by atoms with Crippen LogP contribution < -0.4 is 21.2 Å². The third-order valence-electron chi connectivity index (χ3n) is 6.82. The van der Waals surface area contributed by atoms with Crippen LogP contribution in [0.3, 0.4) is 0 Å². The van der Waals surface area contributed by atoms with Gasteiger partial charge in [-0.15, -0.1) is 7.55 Å². The Morgan fingerprint density at radius 2 is 0.740 bits per heavy atom. The second-order valence-electron chi connectivity index (χ2n) is 13.1. The maximum Gasteiger partial charge on any atom is 1.00 e. The number of allylic oxidation sites excluding steroid dienone is 4. The minimum Gasteiger partial charge on any atom is -0.694 e. The van der Waals surface area contributed by atoms with Crippen LogP contribution in [0.1, 0.15) is 41.5 Å². The van der Waals surface area contributed by atoms with E-state index in [1.54, 1.807) is 0 Å². The smallest absolute Gasteiger partial charge is 0.694 e. The van der Waals surface area contributed by atoms with Crippen molar-refractivity contribution >= 4 is 46.9 Å². The predicted octanol–water partition coefficient (Wildman–Crippen LogP) is 9.41. The van der Waals surface area contributed by atoms with E-state index in [9.17, 15) is 0 Å². The molecule has 2 nitrogen and oxygen atoms in total. The average Bonchev–Trinajstić information content (AvgIpc) is 3.83. The summed E-state index contributed by atoms with van der Waals surface area (Å²) in [5.74, 6) is 0. The molecule has 0 amide bonds. The molecule has 0 aromatic heterocycles. The number of benzene rings is 4. The number of hydrogen-bond acceptors (Lipinski definition) is 0. The summed E-state index contributed by atoms with van der Waals surface area (Å²) in [5.41, 5.74) is -0.333. The molecule has 4 aromatic rings. The van der Waals surface area contributed by atoms with Crippen molar-refractivity contribution in [2.24, 2.45) is 0 Å². The molecule has 2 aliphatic carbocycles. The zero-order valence-corrected chi connectivity index (χ0v) is 33.8. The molecule has 0 radical (unpaired) electrons. The first-order valence-electron chi connectivity index (χ1n) is 16.2. The Balaban J connectivity index is 0.000000369. The van der Waals surface area contributed by atoms with Gasteiger partial charge in [-0.05, 0) is 26.5 Å². The van der Waals surface area contributed by atoms with Crippen LogP contribution in [-0.4, -0.2) is 21.7 Å². The molecule has 0 N–H and O–H groups in total. The molecule has 4 aromatic carbocycles. The van der Waals surface area contributed by atoms with E-state index >= 15 is 0 Å². The van der Waals surface area contributed by atoms with Crippen LogP contribution >= 0.6 is 15.1 Å². The first-order valence-corrected chi connectivity index (χ1v) is 19.2. The molecule has 266 valence electrons. The molecule has 0 unspecified atom stereocenters. The second-order valence-corrected chi connectivity index (χ2v) is 18.1. The maximum atomic E-state index is 6.48. The number of rotatable bonds is 4. The van der Waals surface area contributed by atoms with Gasteiger partial charge in [-0.3, -0.25) is 0 Å². The zero-order chi connectivity index (χ0) is 34.8. The molecule has 0 heterocycles. The van der Waals surface area contributed by atoms with E-state index in [1.807, 2.05) is 41.5 Å². The molecule has 6 heteroatoms. The van der Waals surface area contributed by atoms with E-state index in [4.69, 9.17) is 13.1 Å². The normalized spacial score (nSPS) is 12.8. The molecular weight excluding hydrogens is 738 g/mol. The molecule has 50 heavy (non-hydrogen) atoms. The van der Waals surface area contributed by atoms with Gasteiger partial charge < -0.3 is 40.7 Å². The Morgan fingerprint density at radius 3 is 1.00 bits per heavy atom. The minimum atomic E-state index is -0.834. The van der Waals surface area contributed by atoms with Gasteiger partial charge in [0, 0.05) is 58.6 Å². The summed E-state index contributed by atoms with van der Waals surface area (Å²) < 4.78 is 0. The van der Waals surface area contributed by atoms with Crippen molar-refractivity contribution in [3.05, 3.63) is 194 Å². The Hall–Kier alpha value is -3.02. The summed E-state index contributed by atoms with van der Waals surface area (Å²) in [4.78, 5) is 6.54. The first kappa shape index (κ1) is 45.0. The fourth-order valence-corrected chi connectivity index (χ4v) is 9.66. The largest absolute Gasteiger partial charge is 1.00 e. The van der Waals surface area contributed by atoms with Gasteiger partial charge in [-0.2, -0.15) is 0 Å². The van der Waals surface area contributed by atoms with E-state index in [0.29, 0.717) is 0 Å². The van der Waals surface area contributed by atoms with Crippen LogP contribution in [0.25, 0.3) is 9.69 Å². The van der Waals surface area contributed by atoms with Crippen molar-refractivity contribution in [2.45, 2.75) is 52.6 Å². The summed E-state index contributed by atoms with van der Waals surface area (Å²) in [6.07, 6.45) is 17.5. The third kappa shape index (κ3) is 16.3. The van der Waals surface area contributed by atoms with Crippen molar-refractivity contribution in [2.75, 3.05) is 0 Å². The van der Waals surface area contributed by atoms with Crippen molar-refractivity contribution in [3.8, 4) is 0 Å². The zero-order valence-electron chi connectivity index (χ0n) is 29.7. The van der Waals surface area contributed by atoms with Crippen LogP contribution in [0, 0.1) is 38.8 Å². The fraction of sp³-hybridized carbons (Fsp3) is 0.182. The molecule has 1 fully saturated rings. The average molecular weight is 786 g/mol. The van der Waals surface area contributed by atoms with Gasteiger partial charge in [0.25, 0.3) is 0 Å². The van der Waals surface area contributed by atoms with Gasteiger partial charge in [0.2, 0.25) is 11.1 Å². The topological polar surface area (TPSA) is 8.72 Å². The van der Waals surface area contributed by atoms with Crippen LogP contribution in [-0.2, 0) is 34.1 Å². The number of hydrogen-bond donors (Lipinski definition) is 0. The molecule has 2 aliphatic rings. The van der Waals surface area contributed by atoms with Crippen LogP contribution in [0.4, 0.5) is 0 Å². The monoisotopic (exact) mass is 785 g/mol. The van der Waals surface area contributed by atoms with E-state index in [-0.39, 0.29) is 45.2 Å². The van der Waals surface area contributed by atoms with Gasteiger partial charge in [0.15, 0.2) is 0 Å². The minimum absolute atomic E-state index is 0. The Labute approximate surface area is 325 Å². The summed E-state index contributed by atoms with van der Waals surface area (Å²) in [6.45, 7) is 24.3. The van der Waals surface area contributed by atoms with E-state index in [1.165, 1.54) is 31.8 Å². The SMILES string of the molecule is C1=CC(=[PH](c2ccccc2)c2ccccc2)C=C1.[C-]#[N+]C(C)(C)C.[C-]#[N+]C(C)(C)C.[Cu+].[Fe].c1ccc([PH](=C2[CH-][CH-][CH-][CH-]2)c2ccccc2)cc1. The van der Waals surface area contributed by atoms with E-state index < -0.39 is 15.1 Å². The molecule has 0 atom stereocenters. The summed E-state index contributed by atoms with van der Waals surface area (Å²) in [7, 11) is -1.67. The molecule has 0 spiro atoms. The molecule has 0 aliphatic heterocycles. The van der Waals surface area contributed by atoms with Gasteiger partial charge in [0.1, 0.15) is 0 Å². The van der Waals surface area contributed by atoms with Crippen molar-refractivity contribution in [3.63, 3.8) is 0 Å². The molecule has 0 bridgehead atoms. The third-order valence-corrected chi connectivity index (χ3v) is 12.3. The summed E-state index contributed by atoms with van der Waals surface area (Å²) >= 11 is 0. The number of nitrogens with zero attached hydrogens (tertiary/aromatic N) is 2. The van der Waals surface area contributed by atoms with Crippen molar-refractivity contribution < 1.29 is 34.1 Å². The quantitative estimate of drug-likeness (QED) is 0.111. The Kier molecular flexibility index (Phi) is 21.1. The first-order chi connectivity index (χ1) is 23.0. The van der Waals surface area contributed by atoms with Crippen LogP contribution in [0.15, 0.2) is 146 Å².